The fourth-order valence-corrected chi connectivity index (χ4v) is 3.48. The van der Waals surface area contributed by atoms with Gasteiger partial charge in [0.1, 0.15) is 5.75 Å². The second-order valence-electron chi connectivity index (χ2n) is 6.71. The first kappa shape index (κ1) is 20.5. The number of nitrogens with zero attached hydrogens (tertiary/aromatic N) is 2. The minimum atomic E-state index is -0.337. The van der Waals surface area contributed by atoms with Gasteiger partial charge in [0.15, 0.2) is 5.96 Å². The maximum Gasteiger partial charge on any atom is 0.337 e. The Labute approximate surface area is 171 Å². The van der Waals surface area contributed by atoms with Gasteiger partial charge in [0.2, 0.25) is 0 Å². The predicted octanol–water partition coefficient (Wildman–Crippen LogP) is 3.66. The first-order valence-electron chi connectivity index (χ1n) is 9.64. The fraction of sp³-hybridized carbons (Fsp3) is 0.304. The molecule has 2 aromatic carbocycles. The van der Waals surface area contributed by atoms with Gasteiger partial charge in [-0.05, 0) is 37.1 Å². The zero-order valence-electron chi connectivity index (χ0n) is 17.3. The molecule has 0 saturated carbocycles. The fourth-order valence-electron chi connectivity index (χ4n) is 3.48. The third-order valence-corrected chi connectivity index (χ3v) is 5.04. The molecule has 1 N–H and O–H groups in total. The van der Waals surface area contributed by atoms with Crippen LogP contribution in [0.5, 0.6) is 5.75 Å². The minimum Gasteiger partial charge on any atom is -0.497 e. The van der Waals surface area contributed by atoms with Crippen molar-refractivity contribution in [3.8, 4) is 5.75 Å². The predicted molar refractivity (Wildman–Crippen MR) is 114 cm³/mol. The smallest absolute Gasteiger partial charge is 0.337 e. The molecule has 3 rings (SSSR count). The van der Waals surface area contributed by atoms with Crippen molar-refractivity contribution in [3.05, 3.63) is 77.0 Å². The average Bonchev–Trinajstić information content (AvgIpc) is 2.77. The van der Waals surface area contributed by atoms with Crippen molar-refractivity contribution in [1.29, 1.82) is 0 Å². The van der Waals surface area contributed by atoms with E-state index in [4.69, 9.17) is 14.5 Å². The molecule has 0 bridgehead atoms. The van der Waals surface area contributed by atoms with Crippen LogP contribution in [0.1, 0.15) is 31.0 Å². The summed E-state index contributed by atoms with van der Waals surface area (Å²) in [6.45, 7) is 5.18. The van der Waals surface area contributed by atoms with Crippen molar-refractivity contribution in [2.75, 3.05) is 20.8 Å². The van der Waals surface area contributed by atoms with Crippen LogP contribution in [0.2, 0.25) is 0 Å². The van der Waals surface area contributed by atoms with E-state index in [2.05, 4.69) is 5.32 Å². The molecule has 1 aliphatic rings. The van der Waals surface area contributed by atoms with Crippen LogP contribution in [-0.2, 0) is 16.1 Å². The lowest BCUT2D eigenvalue weighted by Gasteiger charge is -2.37. The average molecular weight is 393 g/mol. The van der Waals surface area contributed by atoms with Crippen LogP contribution in [-0.4, -0.2) is 37.6 Å². The SMILES string of the molecule is CCN1C(=NCc2ccc(OC)cc2)N[C@@H](c2ccccc2)C(C(=O)OC)=C1C. The second-order valence-corrected chi connectivity index (χ2v) is 6.71. The highest BCUT2D eigenvalue weighted by Gasteiger charge is 2.34. The Morgan fingerprint density at radius 3 is 2.38 bits per heavy atom. The van der Waals surface area contributed by atoms with Gasteiger partial charge in [0, 0.05) is 12.2 Å². The van der Waals surface area contributed by atoms with Gasteiger partial charge in [-0.15, -0.1) is 0 Å². The lowest BCUT2D eigenvalue weighted by Crippen LogP contribution is -2.49. The molecule has 6 heteroatoms. The van der Waals surface area contributed by atoms with Gasteiger partial charge in [-0.2, -0.15) is 0 Å². The Balaban J connectivity index is 1.97. The summed E-state index contributed by atoms with van der Waals surface area (Å²) in [7, 11) is 3.06. The van der Waals surface area contributed by atoms with Gasteiger partial charge in [0.25, 0.3) is 0 Å². The highest BCUT2D eigenvalue weighted by Crippen LogP contribution is 2.31. The number of rotatable bonds is 6. The van der Waals surface area contributed by atoms with Crippen molar-refractivity contribution in [2.24, 2.45) is 4.99 Å². The molecule has 1 heterocycles. The molecule has 0 aromatic heterocycles. The molecule has 0 saturated heterocycles. The second kappa shape index (κ2) is 9.28. The number of allylic oxidation sites excluding steroid dienone is 1. The maximum atomic E-state index is 12.6. The third kappa shape index (κ3) is 4.42. The highest BCUT2D eigenvalue weighted by atomic mass is 16.5. The number of guanidine groups is 1. The van der Waals surface area contributed by atoms with E-state index in [0.29, 0.717) is 18.7 Å². The number of ether oxygens (including phenoxy) is 2. The van der Waals surface area contributed by atoms with Crippen LogP contribution >= 0.6 is 0 Å². The molecule has 0 fully saturated rings. The number of methoxy groups -OCH3 is 2. The topological polar surface area (TPSA) is 63.2 Å². The Hall–Kier alpha value is -3.28. The standard InChI is InChI=1S/C23H27N3O3/c1-5-26-16(2)20(22(27)29-4)21(18-9-7-6-8-10-18)25-23(26)24-15-17-11-13-19(28-3)14-12-17/h6-14,21H,5,15H2,1-4H3,(H,24,25)/t21-/m0/s1. The Morgan fingerprint density at radius 1 is 1.10 bits per heavy atom. The monoisotopic (exact) mass is 393 g/mol. The first-order valence-corrected chi connectivity index (χ1v) is 9.64. The molecule has 0 radical (unpaired) electrons. The van der Waals surface area contributed by atoms with Crippen LogP contribution < -0.4 is 10.1 Å². The lowest BCUT2D eigenvalue weighted by atomic mass is 9.95. The summed E-state index contributed by atoms with van der Waals surface area (Å²) in [5.74, 6) is 1.22. The van der Waals surface area contributed by atoms with Crippen molar-refractivity contribution >= 4 is 11.9 Å². The van der Waals surface area contributed by atoms with Crippen LogP contribution in [0.15, 0.2) is 70.9 Å². The number of carbonyl (C=O) groups is 1. The van der Waals surface area contributed by atoms with E-state index in [0.717, 1.165) is 28.5 Å². The van der Waals surface area contributed by atoms with Crippen molar-refractivity contribution < 1.29 is 14.3 Å². The Kier molecular flexibility index (Phi) is 6.54. The van der Waals surface area contributed by atoms with Crippen LogP contribution in [0.4, 0.5) is 0 Å². The van der Waals surface area contributed by atoms with E-state index in [9.17, 15) is 4.79 Å². The zero-order valence-corrected chi connectivity index (χ0v) is 17.3. The first-order chi connectivity index (χ1) is 14.1. The molecule has 0 unspecified atom stereocenters. The Bertz CT molecular complexity index is 905. The lowest BCUT2D eigenvalue weighted by molar-refractivity contribution is -0.136. The molecule has 0 spiro atoms. The van der Waals surface area contributed by atoms with Crippen LogP contribution in [0.3, 0.4) is 0 Å². The van der Waals surface area contributed by atoms with Crippen LogP contribution in [0, 0.1) is 0 Å². The van der Waals surface area contributed by atoms with E-state index < -0.39 is 0 Å². The van der Waals surface area contributed by atoms with Crippen LogP contribution in [0.25, 0.3) is 0 Å². The van der Waals surface area contributed by atoms with Crippen molar-refractivity contribution in [3.63, 3.8) is 0 Å². The van der Waals surface area contributed by atoms with Crippen molar-refractivity contribution in [2.45, 2.75) is 26.4 Å². The number of hydrogen-bond acceptors (Lipinski definition) is 4. The largest absolute Gasteiger partial charge is 0.497 e. The van der Waals surface area contributed by atoms with Gasteiger partial charge >= 0.3 is 5.97 Å². The number of carbonyl (C=O) groups excluding carboxylic acids is 1. The van der Waals surface area contributed by atoms with Gasteiger partial charge in [0.05, 0.1) is 32.4 Å². The van der Waals surface area contributed by atoms with Gasteiger partial charge in [-0.3, -0.25) is 0 Å². The molecule has 1 aliphatic heterocycles. The summed E-state index contributed by atoms with van der Waals surface area (Å²) in [6.07, 6.45) is 0. The summed E-state index contributed by atoms with van der Waals surface area (Å²) in [5.41, 5.74) is 3.51. The Morgan fingerprint density at radius 2 is 1.79 bits per heavy atom. The third-order valence-electron chi connectivity index (χ3n) is 5.04. The van der Waals surface area contributed by atoms with Gasteiger partial charge in [-0.1, -0.05) is 42.5 Å². The van der Waals surface area contributed by atoms with E-state index in [1.807, 2.05) is 73.3 Å². The zero-order chi connectivity index (χ0) is 20.8. The normalized spacial score (nSPS) is 17.9. The summed E-state index contributed by atoms with van der Waals surface area (Å²) in [6, 6.07) is 17.4. The number of aliphatic imine (C=N–C) groups is 1. The summed E-state index contributed by atoms with van der Waals surface area (Å²) >= 11 is 0. The minimum absolute atomic E-state index is 0.318. The number of esters is 1. The highest BCUT2D eigenvalue weighted by molar-refractivity contribution is 5.96. The van der Waals surface area contributed by atoms with E-state index in [1.54, 1.807) is 7.11 Å². The number of nitrogens with one attached hydrogen (secondary N) is 1. The number of hydrogen-bond donors (Lipinski definition) is 1. The molecule has 2 aromatic rings. The van der Waals surface area contributed by atoms with E-state index in [1.165, 1.54) is 7.11 Å². The quantitative estimate of drug-likeness (QED) is 0.759. The molecule has 0 aliphatic carbocycles. The molecular formula is C23H27N3O3. The van der Waals surface area contributed by atoms with E-state index >= 15 is 0 Å². The molecule has 6 nitrogen and oxygen atoms in total. The van der Waals surface area contributed by atoms with E-state index in [-0.39, 0.29) is 12.0 Å². The summed E-state index contributed by atoms with van der Waals surface area (Å²) in [4.78, 5) is 19.4. The number of benzene rings is 2. The molecule has 152 valence electrons. The molecule has 0 amide bonds. The van der Waals surface area contributed by atoms with Gasteiger partial charge < -0.3 is 19.7 Å². The maximum absolute atomic E-state index is 12.6. The summed E-state index contributed by atoms with van der Waals surface area (Å²) in [5, 5.41) is 3.45. The molecule has 29 heavy (non-hydrogen) atoms. The van der Waals surface area contributed by atoms with Gasteiger partial charge in [-0.25, -0.2) is 9.79 Å². The molecular weight excluding hydrogens is 366 g/mol. The molecule has 1 atom stereocenters. The van der Waals surface area contributed by atoms with Crippen molar-refractivity contribution in [1.82, 2.24) is 10.2 Å². The summed E-state index contributed by atoms with van der Waals surface area (Å²) < 4.78 is 10.3.